The summed E-state index contributed by atoms with van der Waals surface area (Å²) in [5.74, 6) is 0. The Morgan fingerprint density at radius 3 is 2.65 bits per heavy atom. The number of aryl methyl sites for hydroxylation is 2. The van der Waals surface area contributed by atoms with Crippen molar-refractivity contribution in [3.63, 3.8) is 0 Å². The summed E-state index contributed by atoms with van der Waals surface area (Å²) in [6, 6.07) is 4.75. The molecule has 0 fully saturated rings. The summed E-state index contributed by atoms with van der Waals surface area (Å²) in [6.07, 6.45) is 0. The van der Waals surface area contributed by atoms with Gasteiger partial charge in [-0.25, -0.2) is 0 Å². The first kappa shape index (κ1) is 13.3. The predicted octanol–water partition coefficient (Wildman–Crippen LogP) is 4.89. The van der Waals surface area contributed by atoms with Gasteiger partial charge in [-0.3, -0.25) is 0 Å². The Balaban J connectivity index is 2.42. The normalized spacial score (nSPS) is 12.9. The first-order chi connectivity index (χ1) is 8.13. The molecule has 1 unspecified atom stereocenters. The second-order valence-electron chi connectivity index (χ2n) is 3.99. The van der Waals surface area contributed by atoms with Crippen LogP contribution in [0.1, 0.15) is 33.2 Å². The molecule has 1 atom stereocenters. The van der Waals surface area contributed by atoms with Crippen LogP contribution < -0.4 is 5.32 Å². The molecule has 2 aromatic rings. The van der Waals surface area contributed by atoms with Crippen LogP contribution in [0.25, 0.3) is 0 Å². The first-order valence-corrected chi connectivity index (χ1v) is 8.15. The molecule has 0 radical (unpaired) electrons. The van der Waals surface area contributed by atoms with Crippen LogP contribution in [0.5, 0.6) is 0 Å². The van der Waals surface area contributed by atoms with E-state index in [0.717, 1.165) is 6.54 Å². The molecule has 0 aromatic carbocycles. The lowest BCUT2D eigenvalue weighted by Crippen LogP contribution is -2.21. The van der Waals surface area contributed by atoms with E-state index in [1.165, 1.54) is 24.7 Å². The maximum atomic E-state index is 3.64. The van der Waals surface area contributed by atoms with Crippen molar-refractivity contribution >= 4 is 38.6 Å². The lowest BCUT2D eigenvalue weighted by Gasteiger charge is -2.17. The average molecular weight is 330 g/mol. The molecule has 17 heavy (non-hydrogen) atoms. The first-order valence-electron chi connectivity index (χ1n) is 5.66. The van der Waals surface area contributed by atoms with Gasteiger partial charge in [-0.2, -0.15) is 0 Å². The third kappa shape index (κ3) is 2.81. The number of nitrogens with one attached hydrogen (secondary N) is 1. The van der Waals surface area contributed by atoms with Crippen molar-refractivity contribution in [2.45, 2.75) is 26.8 Å². The summed E-state index contributed by atoms with van der Waals surface area (Å²) >= 11 is 7.32. The second kappa shape index (κ2) is 5.65. The molecule has 1 N–H and O–H groups in total. The van der Waals surface area contributed by atoms with Crippen LogP contribution in [0.15, 0.2) is 22.0 Å². The fourth-order valence-electron chi connectivity index (χ4n) is 2.00. The van der Waals surface area contributed by atoms with Gasteiger partial charge in [0, 0.05) is 19.1 Å². The van der Waals surface area contributed by atoms with Crippen LogP contribution in [-0.2, 0) is 0 Å². The van der Waals surface area contributed by atoms with Gasteiger partial charge in [0.25, 0.3) is 0 Å². The summed E-state index contributed by atoms with van der Waals surface area (Å²) in [5.41, 5.74) is 1.41. The molecule has 0 saturated heterocycles. The van der Waals surface area contributed by atoms with E-state index in [0.29, 0.717) is 6.04 Å². The van der Waals surface area contributed by atoms with Gasteiger partial charge in [0.05, 0.1) is 6.04 Å². The van der Waals surface area contributed by atoms with Crippen molar-refractivity contribution in [3.8, 4) is 0 Å². The molecule has 0 bridgehead atoms. The highest BCUT2D eigenvalue weighted by Crippen LogP contribution is 2.36. The van der Waals surface area contributed by atoms with Crippen molar-refractivity contribution < 1.29 is 0 Å². The number of hydrogen-bond acceptors (Lipinski definition) is 3. The fourth-order valence-corrected chi connectivity index (χ4v) is 4.65. The molecule has 0 saturated carbocycles. The largest absolute Gasteiger partial charge is 0.306 e. The van der Waals surface area contributed by atoms with E-state index in [1.54, 1.807) is 11.3 Å². The molecular formula is C13H16BrNS2. The van der Waals surface area contributed by atoms with Crippen LogP contribution >= 0.6 is 38.6 Å². The molecule has 0 aliphatic carbocycles. The second-order valence-corrected chi connectivity index (χ2v) is 7.25. The van der Waals surface area contributed by atoms with E-state index in [2.05, 4.69) is 59.5 Å². The smallest absolute Gasteiger partial charge is 0.0693 e. The highest BCUT2D eigenvalue weighted by molar-refractivity contribution is 9.10. The van der Waals surface area contributed by atoms with Crippen molar-refractivity contribution in [3.05, 3.63) is 42.2 Å². The van der Waals surface area contributed by atoms with Crippen molar-refractivity contribution in [2.24, 2.45) is 0 Å². The highest BCUT2D eigenvalue weighted by atomic mass is 79.9. The maximum absolute atomic E-state index is 3.64. The monoisotopic (exact) mass is 329 g/mol. The summed E-state index contributed by atoms with van der Waals surface area (Å²) < 4.78 is 1.21. The van der Waals surface area contributed by atoms with Crippen LogP contribution in [0, 0.1) is 13.8 Å². The van der Waals surface area contributed by atoms with Gasteiger partial charge in [0.1, 0.15) is 0 Å². The van der Waals surface area contributed by atoms with Crippen molar-refractivity contribution in [2.75, 3.05) is 6.54 Å². The van der Waals surface area contributed by atoms with E-state index >= 15 is 0 Å². The molecule has 0 amide bonds. The van der Waals surface area contributed by atoms with Gasteiger partial charge < -0.3 is 5.32 Å². The Bertz CT molecular complexity index is 501. The number of rotatable bonds is 4. The number of thiophene rings is 2. The summed E-state index contributed by atoms with van der Waals surface area (Å²) in [4.78, 5) is 4.16. The molecule has 0 spiro atoms. The zero-order valence-electron chi connectivity index (χ0n) is 10.2. The third-order valence-corrected chi connectivity index (χ3v) is 5.62. The Labute approximate surface area is 119 Å². The van der Waals surface area contributed by atoms with Crippen LogP contribution in [0.2, 0.25) is 0 Å². The molecule has 4 heteroatoms. The molecule has 2 heterocycles. The minimum atomic E-state index is 0.319. The minimum Gasteiger partial charge on any atom is -0.306 e. The van der Waals surface area contributed by atoms with Crippen LogP contribution in [0.3, 0.4) is 0 Å². The molecule has 2 rings (SSSR count). The average Bonchev–Trinajstić information content (AvgIpc) is 2.82. The van der Waals surface area contributed by atoms with Crippen LogP contribution in [-0.4, -0.2) is 6.54 Å². The molecule has 2 aromatic heterocycles. The molecular weight excluding hydrogens is 314 g/mol. The fraction of sp³-hybridized carbons (Fsp3) is 0.385. The standard InChI is InChI=1S/C13H16BrNS2/c1-4-15-12(13-11(14)5-6-16-13)10-7-8(2)17-9(10)3/h5-7,12,15H,4H2,1-3H3. The number of hydrogen-bond donors (Lipinski definition) is 1. The topological polar surface area (TPSA) is 12.0 Å². The van der Waals surface area contributed by atoms with Gasteiger partial charge in [-0.05, 0) is 59.4 Å². The lowest BCUT2D eigenvalue weighted by atomic mass is 10.1. The van der Waals surface area contributed by atoms with Gasteiger partial charge in [0.15, 0.2) is 0 Å². The van der Waals surface area contributed by atoms with Crippen molar-refractivity contribution in [1.82, 2.24) is 5.32 Å². The lowest BCUT2D eigenvalue weighted by molar-refractivity contribution is 0.637. The number of halogens is 1. The SMILES string of the molecule is CCNC(c1cc(C)sc1C)c1sccc1Br. The van der Waals surface area contributed by atoms with E-state index < -0.39 is 0 Å². The minimum absolute atomic E-state index is 0.319. The van der Waals surface area contributed by atoms with E-state index in [9.17, 15) is 0 Å². The molecule has 1 nitrogen and oxygen atoms in total. The Hall–Kier alpha value is -0.160. The summed E-state index contributed by atoms with van der Waals surface area (Å²) in [7, 11) is 0. The van der Waals surface area contributed by atoms with Crippen molar-refractivity contribution in [1.29, 1.82) is 0 Å². The van der Waals surface area contributed by atoms with E-state index in [-0.39, 0.29) is 0 Å². The zero-order valence-corrected chi connectivity index (χ0v) is 13.4. The summed E-state index contributed by atoms with van der Waals surface area (Å²) in [5, 5.41) is 5.72. The summed E-state index contributed by atoms with van der Waals surface area (Å²) in [6.45, 7) is 7.51. The molecule has 0 aliphatic rings. The van der Waals surface area contributed by atoms with Gasteiger partial charge in [0.2, 0.25) is 0 Å². The van der Waals surface area contributed by atoms with Gasteiger partial charge in [-0.1, -0.05) is 6.92 Å². The van der Waals surface area contributed by atoms with E-state index in [1.807, 2.05) is 11.3 Å². The molecule has 92 valence electrons. The van der Waals surface area contributed by atoms with E-state index in [4.69, 9.17) is 0 Å². The Morgan fingerprint density at radius 2 is 2.18 bits per heavy atom. The maximum Gasteiger partial charge on any atom is 0.0693 e. The quantitative estimate of drug-likeness (QED) is 0.842. The van der Waals surface area contributed by atoms with Crippen LogP contribution in [0.4, 0.5) is 0 Å². The zero-order chi connectivity index (χ0) is 12.4. The highest BCUT2D eigenvalue weighted by Gasteiger charge is 2.20. The molecule has 0 aliphatic heterocycles. The third-order valence-electron chi connectivity index (χ3n) is 2.71. The Kier molecular flexibility index (Phi) is 4.42. The van der Waals surface area contributed by atoms with Gasteiger partial charge >= 0.3 is 0 Å². The predicted molar refractivity (Wildman–Crippen MR) is 81.3 cm³/mol. The Morgan fingerprint density at radius 1 is 1.41 bits per heavy atom. The van der Waals surface area contributed by atoms with Gasteiger partial charge in [-0.15, -0.1) is 22.7 Å².